The van der Waals surface area contributed by atoms with Gasteiger partial charge in [0.05, 0.1) is 6.21 Å². The first-order chi connectivity index (χ1) is 11.9. The third-order valence-electron chi connectivity index (χ3n) is 4.36. The van der Waals surface area contributed by atoms with Crippen molar-refractivity contribution < 1.29 is 9.47 Å². The average molecular weight is 323 g/mol. The van der Waals surface area contributed by atoms with Crippen LogP contribution < -0.4 is 9.47 Å². The van der Waals surface area contributed by atoms with Crippen LogP contribution in [0.5, 0.6) is 11.5 Å². The molecule has 0 aliphatic carbocycles. The number of ether oxygens (including phenoxy) is 2. The molecule has 24 heavy (non-hydrogen) atoms. The Bertz CT molecular complexity index is 710. The van der Waals surface area contributed by atoms with Crippen molar-refractivity contribution in [3.05, 3.63) is 59.7 Å². The topological polar surface area (TPSA) is 37.3 Å². The molecule has 1 saturated heterocycles. The maximum Gasteiger partial charge on any atom is 0.231 e. The molecule has 2 aromatic carbocycles. The van der Waals surface area contributed by atoms with Crippen LogP contribution in [0.3, 0.4) is 0 Å². The Balaban J connectivity index is 1.30. The number of piperazine rings is 1. The van der Waals surface area contributed by atoms with Crippen molar-refractivity contribution in [2.24, 2.45) is 5.10 Å². The van der Waals surface area contributed by atoms with Crippen molar-refractivity contribution in [2.45, 2.75) is 6.54 Å². The summed E-state index contributed by atoms with van der Waals surface area (Å²) in [6.07, 6.45) is 1.90. The van der Waals surface area contributed by atoms with E-state index in [2.05, 4.69) is 45.3 Å². The lowest BCUT2D eigenvalue weighted by Gasteiger charge is -2.33. The second-order valence-electron chi connectivity index (χ2n) is 6.07. The van der Waals surface area contributed by atoms with Crippen molar-refractivity contribution in [3.63, 3.8) is 0 Å². The molecule has 0 bridgehead atoms. The summed E-state index contributed by atoms with van der Waals surface area (Å²) in [4.78, 5) is 2.47. The van der Waals surface area contributed by atoms with E-state index in [1.165, 1.54) is 5.56 Å². The molecule has 0 aromatic heterocycles. The Labute approximate surface area is 142 Å². The lowest BCUT2D eigenvalue weighted by Crippen LogP contribution is -2.43. The van der Waals surface area contributed by atoms with E-state index in [-0.39, 0.29) is 0 Å². The monoisotopic (exact) mass is 323 g/mol. The molecular weight excluding hydrogens is 302 g/mol. The number of hydrogen-bond donors (Lipinski definition) is 0. The minimum absolute atomic E-state index is 0.305. The molecule has 2 aliphatic heterocycles. The van der Waals surface area contributed by atoms with Crippen LogP contribution >= 0.6 is 0 Å². The summed E-state index contributed by atoms with van der Waals surface area (Å²) in [5.74, 6) is 1.60. The zero-order valence-corrected chi connectivity index (χ0v) is 13.6. The van der Waals surface area contributed by atoms with Gasteiger partial charge in [0.15, 0.2) is 11.5 Å². The molecule has 5 heteroatoms. The van der Waals surface area contributed by atoms with Crippen LogP contribution in [-0.4, -0.2) is 49.1 Å². The minimum Gasteiger partial charge on any atom is -0.454 e. The highest BCUT2D eigenvalue weighted by atomic mass is 16.7. The quantitative estimate of drug-likeness (QED) is 0.811. The van der Waals surface area contributed by atoms with E-state index in [1.54, 1.807) is 0 Å². The maximum atomic E-state index is 5.40. The summed E-state index contributed by atoms with van der Waals surface area (Å²) in [6.45, 7) is 5.29. The molecule has 124 valence electrons. The fourth-order valence-corrected chi connectivity index (χ4v) is 2.99. The van der Waals surface area contributed by atoms with Gasteiger partial charge in [0.1, 0.15) is 0 Å². The van der Waals surface area contributed by atoms with Gasteiger partial charge in [0.25, 0.3) is 0 Å². The first-order valence-corrected chi connectivity index (χ1v) is 8.32. The third kappa shape index (κ3) is 3.51. The van der Waals surface area contributed by atoms with Gasteiger partial charge in [-0.2, -0.15) is 5.10 Å². The minimum atomic E-state index is 0.305. The molecular formula is C19H21N3O2. The summed E-state index contributed by atoms with van der Waals surface area (Å²) < 4.78 is 10.7. The number of fused-ring (bicyclic) bond motifs is 1. The SMILES string of the molecule is C(=N\N1CCN(Cc2ccccc2)CC1)/c1ccc2c(c1)OCO2. The number of nitrogens with zero attached hydrogens (tertiary/aromatic N) is 3. The van der Waals surface area contributed by atoms with Gasteiger partial charge in [-0.15, -0.1) is 0 Å². The van der Waals surface area contributed by atoms with Crippen molar-refractivity contribution >= 4 is 6.21 Å². The van der Waals surface area contributed by atoms with Crippen molar-refractivity contribution in [1.29, 1.82) is 0 Å². The first kappa shape index (κ1) is 15.0. The number of hydrogen-bond acceptors (Lipinski definition) is 5. The van der Waals surface area contributed by atoms with Gasteiger partial charge < -0.3 is 9.47 Å². The van der Waals surface area contributed by atoms with Gasteiger partial charge in [-0.3, -0.25) is 9.91 Å². The molecule has 2 heterocycles. The largest absolute Gasteiger partial charge is 0.454 e. The molecule has 1 fully saturated rings. The molecule has 5 nitrogen and oxygen atoms in total. The lowest BCUT2D eigenvalue weighted by molar-refractivity contribution is 0.131. The van der Waals surface area contributed by atoms with E-state index < -0.39 is 0 Å². The van der Waals surface area contributed by atoms with E-state index >= 15 is 0 Å². The number of rotatable bonds is 4. The van der Waals surface area contributed by atoms with Crippen LogP contribution in [0.2, 0.25) is 0 Å². The molecule has 0 radical (unpaired) electrons. The summed E-state index contributed by atoms with van der Waals surface area (Å²) in [6, 6.07) is 16.5. The van der Waals surface area contributed by atoms with E-state index in [1.807, 2.05) is 24.4 Å². The fraction of sp³-hybridized carbons (Fsp3) is 0.316. The Kier molecular flexibility index (Phi) is 4.34. The second kappa shape index (κ2) is 6.93. The standard InChI is InChI=1S/C19H21N3O2/c1-2-4-16(5-3-1)14-21-8-10-22(11-9-21)20-13-17-6-7-18-19(12-17)24-15-23-18/h1-7,12-13H,8-11,14-15H2/b20-13+. The molecule has 0 unspecified atom stereocenters. The highest BCUT2D eigenvalue weighted by Crippen LogP contribution is 2.32. The van der Waals surface area contributed by atoms with Crippen LogP contribution in [0.25, 0.3) is 0 Å². The van der Waals surface area contributed by atoms with Gasteiger partial charge in [0, 0.05) is 32.7 Å². The van der Waals surface area contributed by atoms with Crippen LogP contribution in [0.1, 0.15) is 11.1 Å². The van der Waals surface area contributed by atoms with Gasteiger partial charge in [-0.1, -0.05) is 30.3 Å². The van der Waals surface area contributed by atoms with Gasteiger partial charge >= 0.3 is 0 Å². The third-order valence-corrected chi connectivity index (χ3v) is 4.36. The van der Waals surface area contributed by atoms with Crippen LogP contribution in [-0.2, 0) is 6.54 Å². The Morgan fingerprint density at radius 1 is 0.917 bits per heavy atom. The maximum absolute atomic E-state index is 5.40. The predicted molar refractivity (Wildman–Crippen MR) is 93.5 cm³/mol. The van der Waals surface area contributed by atoms with Gasteiger partial charge in [-0.05, 0) is 29.3 Å². The molecule has 0 spiro atoms. The predicted octanol–water partition coefficient (Wildman–Crippen LogP) is 2.57. The Hall–Kier alpha value is -2.53. The van der Waals surface area contributed by atoms with Crippen LogP contribution in [0.15, 0.2) is 53.6 Å². The van der Waals surface area contributed by atoms with E-state index in [0.717, 1.165) is 49.8 Å². The van der Waals surface area contributed by atoms with E-state index in [0.29, 0.717) is 6.79 Å². The number of benzene rings is 2. The van der Waals surface area contributed by atoms with E-state index in [9.17, 15) is 0 Å². The zero-order chi connectivity index (χ0) is 16.2. The lowest BCUT2D eigenvalue weighted by atomic mass is 10.2. The molecule has 0 amide bonds. The first-order valence-electron chi connectivity index (χ1n) is 8.32. The molecule has 0 saturated carbocycles. The highest BCUT2D eigenvalue weighted by molar-refractivity contribution is 5.80. The van der Waals surface area contributed by atoms with Crippen molar-refractivity contribution in [1.82, 2.24) is 9.91 Å². The second-order valence-corrected chi connectivity index (χ2v) is 6.07. The Morgan fingerprint density at radius 2 is 1.71 bits per heavy atom. The van der Waals surface area contributed by atoms with E-state index in [4.69, 9.17) is 9.47 Å². The zero-order valence-electron chi connectivity index (χ0n) is 13.6. The van der Waals surface area contributed by atoms with Crippen LogP contribution in [0, 0.1) is 0 Å². The molecule has 0 N–H and O–H groups in total. The molecule has 2 aromatic rings. The summed E-state index contributed by atoms with van der Waals surface area (Å²) >= 11 is 0. The molecule has 2 aliphatic rings. The van der Waals surface area contributed by atoms with Crippen molar-refractivity contribution in [2.75, 3.05) is 33.0 Å². The molecule has 4 rings (SSSR count). The molecule has 0 atom stereocenters. The van der Waals surface area contributed by atoms with Gasteiger partial charge in [0.2, 0.25) is 6.79 Å². The van der Waals surface area contributed by atoms with Crippen LogP contribution in [0.4, 0.5) is 0 Å². The fourth-order valence-electron chi connectivity index (χ4n) is 2.99. The summed E-state index contributed by atoms with van der Waals surface area (Å²) in [7, 11) is 0. The van der Waals surface area contributed by atoms with Gasteiger partial charge in [-0.25, -0.2) is 0 Å². The smallest absolute Gasteiger partial charge is 0.231 e. The highest BCUT2D eigenvalue weighted by Gasteiger charge is 2.16. The normalized spacial score (nSPS) is 17.6. The number of hydrazone groups is 1. The average Bonchev–Trinajstić information content (AvgIpc) is 3.10. The summed E-state index contributed by atoms with van der Waals surface area (Å²) in [5.41, 5.74) is 2.40. The summed E-state index contributed by atoms with van der Waals surface area (Å²) in [5, 5.41) is 6.74. The van der Waals surface area contributed by atoms with Crippen molar-refractivity contribution in [3.8, 4) is 11.5 Å². The Morgan fingerprint density at radius 3 is 2.54 bits per heavy atom.